The third kappa shape index (κ3) is 1.60. The van der Waals surface area contributed by atoms with Crippen LogP contribution in [0.5, 0.6) is 5.75 Å². The maximum atomic E-state index is 9.88. The van der Waals surface area contributed by atoms with Gasteiger partial charge in [-0.3, -0.25) is 0 Å². The molecule has 3 nitrogen and oxygen atoms in total. The first-order chi connectivity index (χ1) is 7.67. The summed E-state index contributed by atoms with van der Waals surface area (Å²) in [5, 5.41) is 9.91. The monoisotopic (exact) mass is 233 g/mol. The minimum absolute atomic E-state index is 0.0371. The van der Waals surface area contributed by atoms with Crippen LogP contribution in [0.2, 0.25) is 0 Å². The summed E-state index contributed by atoms with van der Waals surface area (Å²) >= 11 is 1.48. The van der Waals surface area contributed by atoms with E-state index in [2.05, 4.69) is 0 Å². The predicted molar refractivity (Wildman–Crippen MR) is 65.0 cm³/mol. The quantitative estimate of drug-likeness (QED) is 0.605. The van der Waals surface area contributed by atoms with Gasteiger partial charge in [-0.15, -0.1) is 11.8 Å². The van der Waals surface area contributed by atoms with Gasteiger partial charge < -0.3 is 15.6 Å². The van der Waals surface area contributed by atoms with Crippen molar-refractivity contribution >= 4 is 17.4 Å². The number of allylic oxidation sites excluding steroid dienone is 2. The van der Waals surface area contributed by atoms with Crippen molar-refractivity contribution in [3.05, 3.63) is 48.3 Å². The molecule has 2 atom stereocenters. The molecule has 2 unspecified atom stereocenters. The molecule has 4 heteroatoms. The van der Waals surface area contributed by atoms with Crippen LogP contribution in [0.25, 0.3) is 0 Å². The van der Waals surface area contributed by atoms with Crippen LogP contribution in [0.1, 0.15) is 0 Å². The minimum atomic E-state index is -0.738. The number of thioether (sulfide) groups is 1. The number of rotatable bonds is 2. The van der Waals surface area contributed by atoms with Crippen molar-refractivity contribution in [1.82, 2.24) is 0 Å². The van der Waals surface area contributed by atoms with E-state index in [1.807, 2.05) is 24.3 Å². The third-order valence-electron chi connectivity index (χ3n) is 2.59. The van der Waals surface area contributed by atoms with Crippen LogP contribution in [0, 0.1) is 0 Å². The standard InChI is InChI=1S/C12H11NO2S/c13-8-3-5-9(6-4-8)15-10-2-1-7-12(14)11(10)16-12/h1-7,11,14H,13H2. The van der Waals surface area contributed by atoms with Crippen molar-refractivity contribution in [3.63, 3.8) is 0 Å². The molecule has 82 valence electrons. The summed E-state index contributed by atoms with van der Waals surface area (Å²) in [7, 11) is 0. The summed E-state index contributed by atoms with van der Waals surface area (Å²) in [6.45, 7) is 0. The first-order valence-electron chi connectivity index (χ1n) is 5.00. The van der Waals surface area contributed by atoms with E-state index in [0.717, 1.165) is 11.5 Å². The highest BCUT2D eigenvalue weighted by atomic mass is 32.2. The second-order valence-corrected chi connectivity index (χ2v) is 5.21. The van der Waals surface area contributed by atoms with E-state index in [1.165, 1.54) is 11.8 Å². The van der Waals surface area contributed by atoms with Gasteiger partial charge in [0, 0.05) is 5.69 Å². The van der Waals surface area contributed by atoms with Gasteiger partial charge in [0.05, 0.1) is 0 Å². The van der Waals surface area contributed by atoms with Gasteiger partial charge in [-0.25, -0.2) is 0 Å². The molecular formula is C12H11NO2S. The van der Waals surface area contributed by atoms with E-state index >= 15 is 0 Å². The summed E-state index contributed by atoms with van der Waals surface area (Å²) in [5.74, 6) is 1.53. The maximum absolute atomic E-state index is 9.88. The molecule has 1 fully saturated rings. The van der Waals surface area contributed by atoms with Gasteiger partial charge >= 0.3 is 0 Å². The highest BCUT2D eigenvalue weighted by molar-refractivity contribution is 8.08. The Morgan fingerprint density at radius 2 is 2.06 bits per heavy atom. The normalized spacial score (nSPS) is 30.6. The molecule has 0 bridgehead atoms. The number of ether oxygens (including phenoxy) is 1. The lowest BCUT2D eigenvalue weighted by molar-refractivity contribution is 0.212. The van der Waals surface area contributed by atoms with Crippen LogP contribution in [0.4, 0.5) is 5.69 Å². The molecule has 3 N–H and O–H groups in total. The number of hydrogen-bond acceptors (Lipinski definition) is 4. The molecule has 1 heterocycles. The number of aliphatic hydroxyl groups is 1. The Bertz CT molecular complexity index is 480. The Balaban J connectivity index is 1.79. The first kappa shape index (κ1) is 9.81. The van der Waals surface area contributed by atoms with Crippen LogP contribution >= 0.6 is 11.8 Å². The van der Waals surface area contributed by atoms with Gasteiger partial charge in [-0.2, -0.15) is 0 Å². The molecule has 0 amide bonds. The summed E-state index contributed by atoms with van der Waals surface area (Å²) in [6, 6.07) is 7.22. The largest absolute Gasteiger partial charge is 0.460 e. The fraction of sp³-hybridized carbons (Fsp3) is 0.167. The zero-order chi connectivity index (χ0) is 11.2. The molecule has 1 aliphatic carbocycles. The Hall–Kier alpha value is -1.39. The molecule has 1 aromatic rings. The van der Waals surface area contributed by atoms with Crippen molar-refractivity contribution in [3.8, 4) is 5.75 Å². The predicted octanol–water partition coefficient (Wildman–Crippen LogP) is 1.91. The third-order valence-corrected chi connectivity index (χ3v) is 3.92. The van der Waals surface area contributed by atoms with Crippen LogP contribution in [-0.2, 0) is 0 Å². The fourth-order valence-corrected chi connectivity index (χ4v) is 2.58. The van der Waals surface area contributed by atoms with Gasteiger partial charge in [0.1, 0.15) is 21.7 Å². The lowest BCUT2D eigenvalue weighted by Gasteiger charge is -2.12. The summed E-state index contributed by atoms with van der Waals surface area (Å²) in [5.41, 5.74) is 6.30. The Kier molecular flexibility index (Phi) is 2.02. The van der Waals surface area contributed by atoms with Crippen LogP contribution < -0.4 is 10.5 Å². The first-order valence-corrected chi connectivity index (χ1v) is 5.88. The van der Waals surface area contributed by atoms with Gasteiger partial charge in [0.2, 0.25) is 0 Å². The Morgan fingerprint density at radius 3 is 2.81 bits per heavy atom. The molecule has 3 rings (SSSR count). The second kappa shape index (κ2) is 3.30. The molecule has 16 heavy (non-hydrogen) atoms. The average Bonchev–Trinajstić information content (AvgIpc) is 2.95. The van der Waals surface area contributed by atoms with Crippen LogP contribution in [0.3, 0.4) is 0 Å². The van der Waals surface area contributed by atoms with E-state index in [0.29, 0.717) is 5.69 Å². The highest BCUT2D eigenvalue weighted by Gasteiger charge is 2.57. The molecule has 2 aliphatic rings. The van der Waals surface area contributed by atoms with Crippen molar-refractivity contribution in [2.24, 2.45) is 0 Å². The lowest BCUT2D eigenvalue weighted by atomic mass is 10.1. The zero-order valence-corrected chi connectivity index (χ0v) is 9.28. The number of benzene rings is 1. The number of fused-ring (bicyclic) bond motifs is 1. The highest BCUT2D eigenvalue weighted by Crippen LogP contribution is 2.57. The van der Waals surface area contributed by atoms with Crippen LogP contribution in [-0.4, -0.2) is 15.3 Å². The van der Waals surface area contributed by atoms with Gasteiger partial charge in [0.15, 0.2) is 0 Å². The zero-order valence-electron chi connectivity index (χ0n) is 8.46. The SMILES string of the molecule is Nc1ccc(OC2=CC=CC3(O)SC23)cc1. The van der Waals surface area contributed by atoms with E-state index in [1.54, 1.807) is 18.2 Å². The van der Waals surface area contributed by atoms with Crippen molar-refractivity contribution in [2.75, 3.05) is 5.73 Å². The number of anilines is 1. The second-order valence-electron chi connectivity index (χ2n) is 3.85. The molecular weight excluding hydrogens is 222 g/mol. The number of hydrogen-bond donors (Lipinski definition) is 2. The molecule has 1 aromatic carbocycles. The minimum Gasteiger partial charge on any atom is -0.460 e. The van der Waals surface area contributed by atoms with E-state index in [9.17, 15) is 5.11 Å². The number of nitrogens with two attached hydrogens (primary N) is 1. The summed E-state index contributed by atoms with van der Waals surface area (Å²) in [6.07, 6.45) is 5.50. The topological polar surface area (TPSA) is 55.5 Å². The average molecular weight is 233 g/mol. The van der Waals surface area contributed by atoms with E-state index < -0.39 is 4.93 Å². The van der Waals surface area contributed by atoms with E-state index in [-0.39, 0.29) is 5.25 Å². The smallest absolute Gasteiger partial charge is 0.149 e. The maximum Gasteiger partial charge on any atom is 0.149 e. The molecule has 0 aromatic heterocycles. The lowest BCUT2D eigenvalue weighted by Crippen LogP contribution is -2.17. The fourth-order valence-electron chi connectivity index (χ4n) is 1.67. The van der Waals surface area contributed by atoms with Gasteiger partial charge in [-0.05, 0) is 36.4 Å². The molecule has 0 radical (unpaired) electrons. The van der Waals surface area contributed by atoms with Crippen molar-refractivity contribution in [1.29, 1.82) is 0 Å². The van der Waals surface area contributed by atoms with Gasteiger partial charge in [-0.1, -0.05) is 6.08 Å². The number of nitrogen functional groups attached to an aromatic ring is 1. The Morgan fingerprint density at radius 1 is 1.31 bits per heavy atom. The molecule has 0 saturated carbocycles. The van der Waals surface area contributed by atoms with Crippen molar-refractivity contribution in [2.45, 2.75) is 10.2 Å². The summed E-state index contributed by atoms with van der Waals surface area (Å²) in [4.78, 5) is -0.738. The van der Waals surface area contributed by atoms with Crippen molar-refractivity contribution < 1.29 is 9.84 Å². The van der Waals surface area contributed by atoms with Crippen LogP contribution in [0.15, 0.2) is 48.3 Å². The molecule has 1 saturated heterocycles. The molecule has 0 spiro atoms. The summed E-state index contributed by atoms with van der Waals surface area (Å²) < 4.78 is 5.70. The van der Waals surface area contributed by atoms with E-state index in [4.69, 9.17) is 10.5 Å². The molecule has 1 aliphatic heterocycles. The van der Waals surface area contributed by atoms with Gasteiger partial charge in [0.25, 0.3) is 0 Å². The Labute approximate surface area is 97.6 Å².